The first-order chi connectivity index (χ1) is 11.8. The molecule has 2 aromatic rings. The number of amides is 2. The van der Waals surface area contributed by atoms with Gasteiger partial charge in [0.2, 0.25) is 5.91 Å². The van der Waals surface area contributed by atoms with Gasteiger partial charge in [0.05, 0.1) is 10.6 Å². The van der Waals surface area contributed by atoms with Crippen LogP contribution in [0, 0.1) is 15.9 Å². The van der Waals surface area contributed by atoms with Gasteiger partial charge in [0.15, 0.2) is 0 Å². The molecule has 0 unspecified atom stereocenters. The number of anilines is 2. The summed E-state index contributed by atoms with van der Waals surface area (Å²) in [5, 5.41) is 15.9. The summed E-state index contributed by atoms with van der Waals surface area (Å²) < 4.78 is 13.6. The van der Waals surface area contributed by atoms with Crippen LogP contribution in [0.2, 0.25) is 0 Å². The summed E-state index contributed by atoms with van der Waals surface area (Å²) in [6.07, 6.45) is 0.489. The highest BCUT2D eigenvalue weighted by Gasteiger charge is 2.15. The molecular weight excluding hydrogens is 329 g/mol. The first-order valence-corrected chi connectivity index (χ1v) is 7.47. The second-order valence-electron chi connectivity index (χ2n) is 5.28. The average Bonchev–Trinajstić information content (AvgIpc) is 2.56. The lowest BCUT2D eigenvalue weighted by Crippen LogP contribution is -2.14. The van der Waals surface area contributed by atoms with Gasteiger partial charge < -0.3 is 10.6 Å². The number of nitrogens with zero attached hydrogens (tertiary/aromatic N) is 1. The van der Waals surface area contributed by atoms with Crippen LogP contribution in [-0.4, -0.2) is 16.7 Å². The number of hydrogen-bond acceptors (Lipinski definition) is 4. The quantitative estimate of drug-likeness (QED) is 0.639. The molecule has 2 aromatic carbocycles. The minimum atomic E-state index is -0.672. The summed E-state index contributed by atoms with van der Waals surface area (Å²) in [6.45, 7) is 3.02. The van der Waals surface area contributed by atoms with E-state index in [9.17, 15) is 24.1 Å². The molecule has 0 fully saturated rings. The lowest BCUT2D eigenvalue weighted by molar-refractivity contribution is -0.385. The number of nitro groups is 1. The van der Waals surface area contributed by atoms with Crippen molar-refractivity contribution in [3.63, 3.8) is 0 Å². The zero-order valence-corrected chi connectivity index (χ0v) is 13.6. The number of hydrogen-bond donors (Lipinski definition) is 2. The van der Waals surface area contributed by atoms with Crippen molar-refractivity contribution in [2.24, 2.45) is 0 Å². The van der Waals surface area contributed by atoms with E-state index >= 15 is 0 Å². The van der Waals surface area contributed by atoms with Gasteiger partial charge in [0.1, 0.15) is 5.82 Å². The van der Waals surface area contributed by atoms with Gasteiger partial charge in [-0.25, -0.2) is 4.39 Å². The number of carbonyl (C=O) groups is 2. The third-order valence-electron chi connectivity index (χ3n) is 3.46. The van der Waals surface area contributed by atoms with Crippen LogP contribution in [0.1, 0.15) is 29.8 Å². The molecule has 0 aliphatic heterocycles. The lowest BCUT2D eigenvalue weighted by atomic mass is 10.1. The Morgan fingerprint density at radius 3 is 2.48 bits per heavy atom. The zero-order valence-electron chi connectivity index (χ0n) is 13.6. The Morgan fingerprint density at radius 1 is 1.16 bits per heavy atom. The van der Waals surface area contributed by atoms with Gasteiger partial charge in [-0.05, 0) is 30.7 Å². The Balaban J connectivity index is 2.26. The molecule has 0 aliphatic rings. The number of carbonyl (C=O) groups excluding carboxylic acids is 2. The maximum absolute atomic E-state index is 13.6. The van der Waals surface area contributed by atoms with E-state index in [0.717, 1.165) is 6.07 Å². The molecule has 8 heteroatoms. The summed E-state index contributed by atoms with van der Waals surface area (Å²) in [5.41, 5.74) is 0.704. The second-order valence-corrected chi connectivity index (χ2v) is 5.28. The van der Waals surface area contributed by atoms with Crippen LogP contribution < -0.4 is 10.6 Å². The molecule has 0 saturated carbocycles. The fraction of sp³-hybridized carbons (Fsp3) is 0.176. The van der Waals surface area contributed by atoms with E-state index < -0.39 is 22.6 Å². The molecule has 0 radical (unpaired) electrons. The largest absolute Gasteiger partial charge is 0.324 e. The molecule has 0 spiro atoms. The molecule has 0 saturated heterocycles. The summed E-state index contributed by atoms with van der Waals surface area (Å²) >= 11 is 0. The van der Waals surface area contributed by atoms with Gasteiger partial charge in [0, 0.05) is 29.8 Å². The van der Waals surface area contributed by atoms with Gasteiger partial charge in [0.25, 0.3) is 11.6 Å². The normalized spacial score (nSPS) is 10.2. The third-order valence-corrected chi connectivity index (χ3v) is 3.46. The highest BCUT2D eigenvalue weighted by atomic mass is 19.1. The molecule has 25 heavy (non-hydrogen) atoms. The average molecular weight is 345 g/mol. The van der Waals surface area contributed by atoms with Gasteiger partial charge in [-0.3, -0.25) is 19.7 Å². The van der Waals surface area contributed by atoms with E-state index in [1.807, 2.05) is 0 Å². The first kappa shape index (κ1) is 18.1. The van der Waals surface area contributed by atoms with Gasteiger partial charge in [-0.2, -0.15) is 0 Å². The van der Waals surface area contributed by atoms with Crippen molar-refractivity contribution >= 4 is 28.9 Å². The summed E-state index contributed by atoms with van der Waals surface area (Å²) in [6, 6.07) is 7.91. The van der Waals surface area contributed by atoms with Crippen molar-refractivity contribution in [2.45, 2.75) is 20.3 Å². The number of aryl methyl sites for hydroxylation is 1. The van der Waals surface area contributed by atoms with Crippen LogP contribution in [0.4, 0.5) is 21.5 Å². The molecule has 0 aliphatic carbocycles. The van der Waals surface area contributed by atoms with Crippen LogP contribution in [0.25, 0.3) is 0 Å². The molecular formula is C17H16FN3O4. The van der Waals surface area contributed by atoms with E-state index in [-0.39, 0.29) is 22.6 Å². The van der Waals surface area contributed by atoms with Crippen molar-refractivity contribution < 1.29 is 18.9 Å². The lowest BCUT2D eigenvalue weighted by Gasteiger charge is -2.09. The standard InChI is InChI=1S/C17H16FN3O4/c1-3-11-4-6-13(9-16(11)21(24)25)20-17(23)12-5-7-14(18)15(8-12)19-10(2)22/h4-9H,3H2,1-2H3,(H,19,22)(H,20,23). The Morgan fingerprint density at radius 2 is 1.88 bits per heavy atom. The maximum Gasteiger partial charge on any atom is 0.274 e. The first-order valence-electron chi connectivity index (χ1n) is 7.47. The second kappa shape index (κ2) is 7.52. The number of halogens is 1. The fourth-order valence-corrected chi connectivity index (χ4v) is 2.27. The number of nitro benzene ring substituents is 1. The monoisotopic (exact) mass is 345 g/mol. The Labute approximate surface area is 143 Å². The SMILES string of the molecule is CCc1ccc(NC(=O)c2ccc(F)c(NC(C)=O)c2)cc1[N+](=O)[O-]. The predicted molar refractivity (Wildman–Crippen MR) is 91.1 cm³/mol. The van der Waals surface area contributed by atoms with E-state index in [1.165, 1.54) is 25.1 Å². The van der Waals surface area contributed by atoms with E-state index in [2.05, 4.69) is 10.6 Å². The molecule has 2 amide bonds. The van der Waals surface area contributed by atoms with Crippen LogP contribution in [0.5, 0.6) is 0 Å². The highest BCUT2D eigenvalue weighted by Crippen LogP contribution is 2.24. The zero-order chi connectivity index (χ0) is 18.6. The summed E-state index contributed by atoms with van der Waals surface area (Å²) in [4.78, 5) is 33.9. The van der Waals surface area contributed by atoms with E-state index in [4.69, 9.17) is 0 Å². The van der Waals surface area contributed by atoms with Crippen molar-refractivity contribution in [2.75, 3.05) is 10.6 Å². The number of nitrogens with one attached hydrogen (secondary N) is 2. The molecule has 0 bridgehead atoms. The Hall–Kier alpha value is -3.29. The van der Waals surface area contributed by atoms with Crippen molar-refractivity contribution in [1.82, 2.24) is 0 Å². The smallest absolute Gasteiger partial charge is 0.274 e. The van der Waals surface area contributed by atoms with Crippen molar-refractivity contribution in [3.8, 4) is 0 Å². The van der Waals surface area contributed by atoms with Crippen LogP contribution in [0.15, 0.2) is 36.4 Å². The minimum absolute atomic E-state index is 0.0849. The minimum Gasteiger partial charge on any atom is -0.324 e. The van der Waals surface area contributed by atoms with Gasteiger partial charge in [-0.15, -0.1) is 0 Å². The van der Waals surface area contributed by atoms with Crippen LogP contribution in [-0.2, 0) is 11.2 Å². The van der Waals surface area contributed by atoms with Gasteiger partial charge >= 0.3 is 0 Å². The van der Waals surface area contributed by atoms with Crippen LogP contribution >= 0.6 is 0 Å². The highest BCUT2D eigenvalue weighted by molar-refractivity contribution is 6.05. The van der Waals surface area contributed by atoms with Gasteiger partial charge in [-0.1, -0.05) is 13.0 Å². The molecule has 0 aromatic heterocycles. The molecule has 7 nitrogen and oxygen atoms in total. The molecule has 0 atom stereocenters. The van der Waals surface area contributed by atoms with E-state index in [0.29, 0.717) is 12.0 Å². The number of rotatable bonds is 5. The summed E-state index contributed by atoms with van der Waals surface area (Å²) in [5.74, 6) is -1.72. The van der Waals surface area contributed by atoms with Crippen LogP contribution in [0.3, 0.4) is 0 Å². The molecule has 130 valence electrons. The Bertz CT molecular complexity index is 852. The number of benzene rings is 2. The van der Waals surface area contributed by atoms with Crippen molar-refractivity contribution in [3.05, 3.63) is 63.5 Å². The topological polar surface area (TPSA) is 101 Å². The Kier molecular flexibility index (Phi) is 5.43. The van der Waals surface area contributed by atoms with Crippen molar-refractivity contribution in [1.29, 1.82) is 0 Å². The fourth-order valence-electron chi connectivity index (χ4n) is 2.27. The molecule has 2 N–H and O–H groups in total. The maximum atomic E-state index is 13.6. The molecule has 0 heterocycles. The van der Waals surface area contributed by atoms with E-state index in [1.54, 1.807) is 19.1 Å². The summed E-state index contributed by atoms with van der Waals surface area (Å²) in [7, 11) is 0. The molecule has 2 rings (SSSR count). The predicted octanol–water partition coefficient (Wildman–Crippen LogP) is 3.51. The third kappa shape index (κ3) is 4.37.